The Morgan fingerprint density at radius 1 is 0.963 bits per heavy atom. The summed E-state index contributed by atoms with van der Waals surface area (Å²) < 4.78 is 0. The van der Waals surface area contributed by atoms with Crippen molar-refractivity contribution in [2.45, 2.75) is 32.1 Å². The van der Waals surface area contributed by atoms with Crippen LogP contribution in [0.5, 0.6) is 0 Å². The molecule has 6 heteroatoms. The second-order valence-corrected chi connectivity index (χ2v) is 7.68. The van der Waals surface area contributed by atoms with Gasteiger partial charge in [-0.2, -0.15) is 0 Å². The molecule has 1 N–H and O–H groups in total. The number of anilines is 3. The van der Waals surface area contributed by atoms with Crippen LogP contribution < -0.4 is 10.2 Å². The molecule has 2 aliphatic heterocycles. The van der Waals surface area contributed by atoms with Crippen molar-refractivity contribution in [2.75, 3.05) is 36.4 Å². The number of hydrogen-bond donors (Lipinski definition) is 1. The van der Waals surface area contributed by atoms with Crippen molar-refractivity contribution in [1.82, 2.24) is 9.88 Å². The summed E-state index contributed by atoms with van der Waals surface area (Å²) in [5.74, 6) is 0.589. The number of likely N-dealkylation sites (tertiary alicyclic amines) is 1. The third kappa shape index (κ3) is 4.19. The molecule has 4 rings (SSSR count). The second-order valence-electron chi connectivity index (χ2n) is 7.27. The van der Waals surface area contributed by atoms with E-state index in [-0.39, 0.29) is 5.91 Å². The van der Waals surface area contributed by atoms with Gasteiger partial charge < -0.3 is 15.1 Å². The number of carbonyl (C=O) groups is 1. The van der Waals surface area contributed by atoms with Crippen LogP contribution in [0.15, 0.2) is 36.5 Å². The molecule has 0 saturated carbocycles. The molecule has 1 aromatic heterocycles. The number of carbonyl (C=O) groups excluding carboxylic acids is 1. The Bertz CT molecular complexity index is 796. The van der Waals surface area contributed by atoms with Crippen LogP contribution in [0.3, 0.4) is 0 Å². The lowest BCUT2D eigenvalue weighted by Crippen LogP contribution is -2.35. The van der Waals surface area contributed by atoms with Gasteiger partial charge in [0.25, 0.3) is 5.91 Å². The van der Waals surface area contributed by atoms with Crippen molar-refractivity contribution in [3.8, 4) is 0 Å². The fraction of sp³-hybridized carbons (Fsp3) is 0.429. The van der Waals surface area contributed by atoms with E-state index in [4.69, 9.17) is 11.6 Å². The Hall–Kier alpha value is -2.27. The van der Waals surface area contributed by atoms with E-state index >= 15 is 0 Å². The van der Waals surface area contributed by atoms with Crippen molar-refractivity contribution in [3.05, 3.63) is 47.1 Å². The van der Waals surface area contributed by atoms with Gasteiger partial charge in [-0.1, -0.05) is 11.6 Å². The van der Waals surface area contributed by atoms with Gasteiger partial charge in [0, 0.05) is 43.8 Å². The molecule has 2 saturated heterocycles. The number of aromatic nitrogens is 1. The molecule has 142 valence electrons. The summed E-state index contributed by atoms with van der Waals surface area (Å²) in [6.45, 7) is 3.90. The second kappa shape index (κ2) is 8.17. The number of nitrogens with zero attached hydrogens (tertiary/aromatic N) is 3. The molecule has 1 amide bonds. The van der Waals surface area contributed by atoms with Crippen LogP contribution >= 0.6 is 11.6 Å². The van der Waals surface area contributed by atoms with E-state index in [1.54, 1.807) is 12.3 Å². The van der Waals surface area contributed by atoms with Gasteiger partial charge >= 0.3 is 0 Å². The Morgan fingerprint density at radius 3 is 2.30 bits per heavy atom. The summed E-state index contributed by atoms with van der Waals surface area (Å²) in [6, 6.07) is 10.0. The zero-order valence-electron chi connectivity index (χ0n) is 15.5. The summed E-state index contributed by atoms with van der Waals surface area (Å²) in [5, 5.41) is 3.71. The first-order valence-electron chi connectivity index (χ1n) is 9.77. The maximum atomic E-state index is 12.6. The molecular formula is C21H25ClN4O. The molecule has 1 aromatic carbocycles. The SMILES string of the molecule is O=C(c1cnc(Nc2ccc(N3CCCC3)cc2)c(Cl)c1)N1CCCCC1. The highest BCUT2D eigenvalue weighted by atomic mass is 35.5. The van der Waals surface area contributed by atoms with Gasteiger partial charge in [0.2, 0.25) is 0 Å². The third-order valence-corrected chi connectivity index (χ3v) is 5.62. The number of rotatable bonds is 4. The van der Waals surface area contributed by atoms with Crippen LogP contribution in [0.2, 0.25) is 5.02 Å². The summed E-state index contributed by atoms with van der Waals surface area (Å²) in [7, 11) is 0. The van der Waals surface area contributed by atoms with Gasteiger partial charge in [0.05, 0.1) is 10.6 Å². The van der Waals surface area contributed by atoms with Gasteiger partial charge in [-0.05, 0) is 62.4 Å². The van der Waals surface area contributed by atoms with Crippen LogP contribution in [0.4, 0.5) is 17.2 Å². The van der Waals surface area contributed by atoms with E-state index in [9.17, 15) is 4.79 Å². The highest BCUT2D eigenvalue weighted by Crippen LogP contribution is 2.27. The highest BCUT2D eigenvalue weighted by molar-refractivity contribution is 6.33. The number of nitrogens with one attached hydrogen (secondary N) is 1. The molecule has 2 aromatic rings. The van der Waals surface area contributed by atoms with Crippen molar-refractivity contribution in [3.63, 3.8) is 0 Å². The van der Waals surface area contributed by atoms with Crippen LogP contribution in [-0.4, -0.2) is 42.0 Å². The fourth-order valence-corrected chi connectivity index (χ4v) is 4.01. The molecule has 3 heterocycles. The minimum Gasteiger partial charge on any atom is -0.372 e. The molecule has 0 spiro atoms. The first-order valence-corrected chi connectivity index (χ1v) is 10.2. The molecule has 27 heavy (non-hydrogen) atoms. The van der Waals surface area contributed by atoms with E-state index in [1.165, 1.54) is 24.9 Å². The van der Waals surface area contributed by atoms with Gasteiger partial charge in [-0.15, -0.1) is 0 Å². The summed E-state index contributed by atoms with van der Waals surface area (Å²) in [6.07, 6.45) is 7.48. The number of pyridine rings is 1. The zero-order valence-corrected chi connectivity index (χ0v) is 16.2. The Morgan fingerprint density at radius 2 is 1.63 bits per heavy atom. The number of benzene rings is 1. The molecular weight excluding hydrogens is 360 g/mol. The molecule has 0 atom stereocenters. The lowest BCUT2D eigenvalue weighted by atomic mass is 10.1. The lowest BCUT2D eigenvalue weighted by molar-refractivity contribution is 0.0724. The summed E-state index contributed by atoms with van der Waals surface area (Å²) >= 11 is 6.39. The molecule has 0 radical (unpaired) electrons. The van der Waals surface area contributed by atoms with Crippen LogP contribution in [0.1, 0.15) is 42.5 Å². The van der Waals surface area contributed by atoms with E-state index in [0.29, 0.717) is 16.4 Å². The summed E-state index contributed by atoms with van der Waals surface area (Å²) in [4.78, 5) is 21.3. The monoisotopic (exact) mass is 384 g/mol. The average molecular weight is 385 g/mol. The third-order valence-electron chi connectivity index (χ3n) is 5.33. The lowest BCUT2D eigenvalue weighted by Gasteiger charge is -2.26. The first kappa shape index (κ1) is 18.1. The predicted molar refractivity (Wildman–Crippen MR) is 110 cm³/mol. The normalized spacial score (nSPS) is 17.2. The minimum absolute atomic E-state index is 0.0191. The summed E-state index contributed by atoms with van der Waals surface area (Å²) in [5.41, 5.74) is 2.74. The maximum absolute atomic E-state index is 12.6. The standard InChI is InChI=1S/C21H25ClN4O/c22-19-14-16(21(27)26-12-2-1-3-13-26)15-23-20(19)24-17-6-8-18(9-7-17)25-10-4-5-11-25/h6-9,14-15H,1-5,10-13H2,(H,23,24). The smallest absolute Gasteiger partial charge is 0.255 e. The largest absolute Gasteiger partial charge is 0.372 e. The van der Waals surface area contributed by atoms with E-state index < -0.39 is 0 Å². The van der Waals surface area contributed by atoms with E-state index in [2.05, 4.69) is 27.3 Å². The van der Waals surface area contributed by atoms with Gasteiger partial charge in [0.15, 0.2) is 0 Å². The zero-order chi connectivity index (χ0) is 18.6. The van der Waals surface area contributed by atoms with Crippen molar-refractivity contribution in [2.24, 2.45) is 0 Å². The Kier molecular flexibility index (Phi) is 5.48. The molecule has 5 nitrogen and oxygen atoms in total. The molecule has 0 unspecified atom stereocenters. The van der Waals surface area contributed by atoms with Gasteiger partial charge in [-0.3, -0.25) is 4.79 Å². The van der Waals surface area contributed by atoms with Gasteiger partial charge in [0.1, 0.15) is 5.82 Å². The maximum Gasteiger partial charge on any atom is 0.255 e. The van der Waals surface area contributed by atoms with Crippen molar-refractivity contribution in [1.29, 1.82) is 0 Å². The Labute approximate surface area is 165 Å². The van der Waals surface area contributed by atoms with Gasteiger partial charge in [-0.25, -0.2) is 4.98 Å². The van der Waals surface area contributed by atoms with Crippen molar-refractivity contribution < 1.29 is 4.79 Å². The Balaban J connectivity index is 1.44. The molecule has 0 bridgehead atoms. The average Bonchev–Trinajstić information content (AvgIpc) is 3.25. The molecule has 2 fully saturated rings. The van der Waals surface area contributed by atoms with Crippen LogP contribution in [0, 0.1) is 0 Å². The first-order chi connectivity index (χ1) is 13.2. The van der Waals surface area contributed by atoms with Crippen LogP contribution in [-0.2, 0) is 0 Å². The highest BCUT2D eigenvalue weighted by Gasteiger charge is 2.19. The molecule has 0 aliphatic carbocycles. The topological polar surface area (TPSA) is 48.5 Å². The van der Waals surface area contributed by atoms with E-state index in [1.807, 2.05) is 17.0 Å². The number of halogens is 1. The quantitative estimate of drug-likeness (QED) is 0.829. The van der Waals surface area contributed by atoms with Crippen molar-refractivity contribution >= 4 is 34.7 Å². The number of piperidine rings is 1. The predicted octanol–water partition coefficient (Wildman–Crippen LogP) is 4.70. The number of hydrogen-bond acceptors (Lipinski definition) is 4. The fourth-order valence-electron chi connectivity index (χ4n) is 3.79. The minimum atomic E-state index is 0.0191. The molecule has 2 aliphatic rings. The van der Waals surface area contributed by atoms with E-state index in [0.717, 1.165) is 44.7 Å². The number of amides is 1. The van der Waals surface area contributed by atoms with Crippen LogP contribution in [0.25, 0.3) is 0 Å².